The van der Waals surface area contributed by atoms with Gasteiger partial charge in [-0.2, -0.15) is 0 Å². The molecule has 7 nitrogen and oxygen atoms in total. The molecule has 4 rings (SSSR count). The normalized spacial score (nSPS) is 20.1. The molecular formula is C19H19N3O4S. The molecule has 0 unspecified atom stereocenters. The lowest BCUT2D eigenvalue weighted by Gasteiger charge is -2.40. The number of aryl methyl sites for hydroxylation is 1. The first-order valence-corrected chi connectivity index (χ1v) is 9.48. The minimum Gasteiger partial charge on any atom is -0.394 e. The van der Waals surface area contributed by atoms with Crippen molar-refractivity contribution in [1.82, 2.24) is 14.9 Å². The van der Waals surface area contributed by atoms with E-state index in [-0.39, 0.29) is 18.1 Å². The number of carbonyl (C=O) groups excluding carboxylic acids is 1. The van der Waals surface area contributed by atoms with Crippen LogP contribution in [-0.2, 0) is 4.74 Å². The number of aliphatic hydroxyl groups excluding tert-OH is 1. The molecule has 0 saturated carbocycles. The minimum absolute atomic E-state index is 0.175. The zero-order chi connectivity index (χ0) is 19.0. The number of morpholine rings is 1. The predicted molar refractivity (Wildman–Crippen MR) is 102 cm³/mol. The summed E-state index contributed by atoms with van der Waals surface area (Å²) < 4.78 is 5.71. The van der Waals surface area contributed by atoms with E-state index in [4.69, 9.17) is 4.74 Å². The first-order chi connectivity index (χ1) is 13.1. The van der Waals surface area contributed by atoms with Gasteiger partial charge >= 0.3 is 0 Å². The topological polar surface area (TPSA) is 95.5 Å². The Hall–Kier alpha value is -2.55. The second-order valence-electron chi connectivity index (χ2n) is 6.41. The van der Waals surface area contributed by atoms with Crippen LogP contribution in [0.4, 0.5) is 0 Å². The van der Waals surface area contributed by atoms with Crippen LogP contribution in [0.2, 0.25) is 0 Å². The SMILES string of the molecule is Cc1c(C(=O)N2CCO[C@H](CO)[C@H]2c2ccccc2)sc2nc[nH]c(=O)c12. The van der Waals surface area contributed by atoms with Gasteiger partial charge in [-0.25, -0.2) is 4.98 Å². The van der Waals surface area contributed by atoms with Gasteiger partial charge in [0.25, 0.3) is 11.5 Å². The number of rotatable bonds is 3. The number of benzene rings is 1. The zero-order valence-corrected chi connectivity index (χ0v) is 15.5. The Morgan fingerprint density at radius 2 is 2.19 bits per heavy atom. The molecular weight excluding hydrogens is 366 g/mol. The van der Waals surface area contributed by atoms with Gasteiger partial charge in [-0.1, -0.05) is 30.3 Å². The van der Waals surface area contributed by atoms with Crippen molar-refractivity contribution in [3.05, 3.63) is 63.0 Å². The Kier molecular flexibility index (Phi) is 4.77. The highest BCUT2D eigenvalue weighted by Gasteiger charge is 2.37. The molecule has 0 aliphatic carbocycles. The number of nitrogens with zero attached hydrogens (tertiary/aromatic N) is 2. The van der Waals surface area contributed by atoms with Gasteiger partial charge < -0.3 is 19.7 Å². The van der Waals surface area contributed by atoms with Gasteiger partial charge in [0, 0.05) is 6.54 Å². The fourth-order valence-corrected chi connectivity index (χ4v) is 4.68. The van der Waals surface area contributed by atoms with E-state index in [1.165, 1.54) is 17.7 Å². The Labute approximate surface area is 159 Å². The summed E-state index contributed by atoms with van der Waals surface area (Å²) in [6, 6.07) is 9.15. The third-order valence-corrected chi connectivity index (χ3v) is 6.05. The van der Waals surface area contributed by atoms with Crippen LogP contribution in [0.3, 0.4) is 0 Å². The van der Waals surface area contributed by atoms with Crippen molar-refractivity contribution in [3.63, 3.8) is 0 Å². The van der Waals surface area contributed by atoms with Crippen molar-refractivity contribution < 1.29 is 14.6 Å². The summed E-state index contributed by atoms with van der Waals surface area (Å²) in [5.41, 5.74) is 1.29. The van der Waals surface area contributed by atoms with Crippen molar-refractivity contribution in [2.45, 2.75) is 19.1 Å². The molecule has 1 fully saturated rings. The molecule has 140 valence electrons. The third kappa shape index (κ3) is 3.05. The highest BCUT2D eigenvalue weighted by Crippen LogP contribution is 2.34. The summed E-state index contributed by atoms with van der Waals surface area (Å²) in [6.07, 6.45) is 0.847. The number of hydrogen-bond donors (Lipinski definition) is 2. The monoisotopic (exact) mass is 385 g/mol. The third-order valence-electron chi connectivity index (χ3n) is 4.86. The number of amides is 1. The summed E-state index contributed by atoms with van der Waals surface area (Å²) in [5, 5.41) is 10.2. The number of ether oxygens (including phenoxy) is 1. The number of aromatic amines is 1. The van der Waals surface area contributed by atoms with Crippen LogP contribution in [0.25, 0.3) is 10.2 Å². The lowest BCUT2D eigenvalue weighted by atomic mass is 9.98. The number of nitrogens with one attached hydrogen (secondary N) is 1. The fraction of sp³-hybridized carbons (Fsp3) is 0.316. The molecule has 0 radical (unpaired) electrons. The number of H-pyrrole nitrogens is 1. The highest BCUT2D eigenvalue weighted by molar-refractivity contribution is 7.20. The molecule has 3 aromatic rings. The highest BCUT2D eigenvalue weighted by atomic mass is 32.1. The van der Waals surface area contributed by atoms with E-state index in [0.717, 1.165) is 5.56 Å². The molecule has 0 bridgehead atoms. The first kappa shape index (κ1) is 17.8. The second-order valence-corrected chi connectivity index (χ2v) is 7.41. The lowest BCUT2D eigenvalue weighted by Crippen LogP contribution is -2.49. The Balaban J connectivity index is 1.78. The number of hydrogen-bond acceptors (Lipinski definition) is 6. The van der Waals surface area contributed by atoms with E-state index in [0.29, 0.717) is 33.8 Å². The molecule has 1 amide bonds. The first-order valence-electron chi connectivity index (χ1n) is 8.67. The summed E-state index contributed by atoms with van der Waals surface area (Å²) >= 11 is 1.22. The van der Waals surface area contributed by atoms with Gasteiger partial charge in [-0.05, 0) is 18.1 Å². The Morgan fingerprint density at radius 1 is 1.41 bits per heavy atom. The average molecular weight is 385 g/mol. The molecule has 2 atom stereocenters. The molecule has 2 aromatic heterocycles. The van der Waals surface area contributed by atoms with E-state index in [9.17, 15) is 14.7 Å². The molecule has 27 heavy (non-hydrogen) atoms. The van der Waals surface area contributed by atoms with Crippen molar-refractivity contribution in [3.8, 4) is 0 Å². The van der Waals surface area contributed by atoms with E-state index in [1.54, 1.807) is 11.8 Å². The quantitative estimate of drug-likeness (QED) is 0.718. The van der Waals surface area contributed by atoms with Gasteiger partial charge in [0.15, 0.2) is 0 Å². The van der Waals surface area contributed by atoms with Crippen LogP contribution in [0.15, 0.2) is 41.5 Å². The molecule has 1 aliphatic heterocycles. The molecule has 0 spiro atoms. The largest absolute Gasteiger partial charge is 0.394 e. The van der Waals surface area contributed by atoms with E-state index in [2.05, 4.69) is 9.97 Å². The lowest BCUT2D eigenvalue weighted by molar-refractivity contribution is -0.0810. The van der Waals surface area contributed by atoms with Crippen molar-refractivity contribution in [2.24, 2.45) is 0 Å². The standard InChI is InChI=1S/C19H19N3O4S/c1-11-14-17(24)20-10-21-18(14)27-16(11)19(25)22-7-8-26-13(9-23)15(22)12-5-3-2-4-6-12/h2-6,10,13,15,23H,7-9H2,1H3,(H,20,21,24)/t13-,15-/m1/s1. The molecule has 3 heterocycles. The maximum absolute atomic E-state index is 13.4. The number of fused-ring (bicyclic) bond motifs is 1. The van der Waals surface area contributed by atoms with Crippen LogP contribution < -0.4 is 5.56 Å². The summed E-state index contributed by atoms with van der Waals surface area (Å²) in [5.74, 6) is -0.175. The molecule has 1 aliphatic rings. The molecule has 2 N–H and O–H groups in total. The molecule has 1 aromatic carbocycles. The number of aromatic nitrogens is 2. The maximum atomic E-state index is 13.4. The van der Waals surface area contributed by atoms with Crippen molar-refractivity contribution in [1.29, 1.82) is 0 Å². The van der Waals surface area contributed by atoms with E-state index in [1.807, 2.05) is 30.3 Å². The van der Waals surface area contributed by atoms with Gasteiger partial charge in [0.05, 0.1) is 35.8 Å². The van der Waals surface area contributed by atoms with E-state index < -0.39 is 12.1 Å². The van der Waals surface area contributed by atoms with E-state index >= 15 is 0 Å². The summed E-state index contributed by atoms with van der Waals surface area (Å²) in [6.45, 7) is 2.34. The number of carbonyl (C=O) groups is 1. The van der Waals surface area contributed by atoms with Crippen LogP contribution in [0, 0.1) is 6.92 Å². The Bertz CT molecular complexity index is 1030. The van der Waals surface area contributed by atoms with Crippen LogP contribution in [0.1, 0.15) is 26.8 Å². The predicted octanol–water partition coefficient (Wildman–Crippen LogP) is 1.87. The second kappa shape index (κ2) is 7.22. The van der Waals surface area contributed by atoms with Gasteiger partial charge in [-0.3, -0.25) is 9.59 Å². The average Bonchev–Trinajstić information content (AvgIpc) is 3.05. The molecule has 1 saturated heterocycles. The Morgan fingerprint density at radius 3 is 2.89 bits per heavy atom. The van der Waals surface area contributed by atoms with Gasteiger partial charge in [0.1, 0.15) is 10.9 Å². The minimum atomic E-state index is -0.499. The van der Waals surface area contributed by atoms with Crippen LogP contribution in [-0.4, -0.2) is 51.7 Å². The smallest absolute Gasteiger partial charge is 0.264 e. The molecule has 8 heteroatoms. The van der Waals surface area contributed by atoms with Crippen molar-refractivity contribution in [2.75, 3.05) is 19.8 Å². The number of aliphatic hydroxyl groups is 1. The van der Waals surface area contributed by atoms with Crippen LogP contribution in [0.5, 0.6) is 0 Å². The summed E-state index contributed by atoms with van der Waals surface area (Å²) in [4.78, 5) is 35.0. The maximum Gasteiger partial charge on any atom is 0.264 e. The summed E-state index contributed by atoms with van der Waals surface area (Å²) in [7, 11) is 0. The van der Waals surface area contributed by atoms with Crippen molar-refractivity contribution >= 4 is 27.5 Å². The fourth-order valence-electron chi connectivity index (χ4n) is 3.57. The van der Waals surface area contributed by atoms with Gasteiger partial charge in [0.2, 0.25) is 0 Å². The zero-order valence-electron chi connectivity index (χ0n) is 14.7. The number of thiophene rings is 1. The van der Waals surface area contributed by atoms with Gasteiger partial charge in [-0.15, -0.1) is 11.3 Å². The van der Waals surface area contributed by atoms with Crippen LogP contribution >= 0.6 is 11.3 Å².